The number of nitrogens with zero attached hydrogens (tertiary/aromatic N) is 3. The maximum atomic E-state index is 12.7. The lowest BCUT2D eigenvalue weighted by Gasteiger charge is -2.26. The summed E-state index contributed by atoms with van der Waals surface area (Å²) in [6.07, 6.45) is -0.108. The van der Waals surface area contributed by atoms with Crippen molar-refractivity contribution in [2.75, 3.05) is 0 Å². The second-order valence-corrected chi connectivity index (χ2v) is 7.85. The standard InChI is InChI=1S/C21H13N5O2S/c22-10-12-15(27)9-21(17(12)23,20-25-14-7-3-4-8-16(14)29-20)19-24-13-6-2-1-5-11(13)18(28)26-19/h1-8H,9,23H2,(H,24,26,28)/t21-/m1/s1. The Labute approximate surface area is 168 Å². The molecule has 0 saturated heterocycles. The zero-order valence-electron chi connectivity index (χ0n) is 15.0. The molecule has 0 bridgehead atoms. The fraction of sp³-hybridized carbons (Fsp3) is 0.0952. The van der Waals surface area contributed by atoms with Gasteiger partial charge in [-0.2, -0.15) is 5.26 Å². The van der Waals surface area contributed by atoms with Crippen LogP contribution in [0.2, 0.25) is 0 Å². The van der Waals surface area contributed by atoms with Crippen LogP contribution in [0.3, 0.4) is 0 Å². The first-order valence-electron chi connectivity index (χ1n) is 8.84. The molecule has 0 saturated carbocycles. The van der Waals surface area contributed by atoms with Gasteiger partial charge in [-0.1, -0.05) is 24.3 Å². The fourth-order valence-electron chi connectivity index (χ4n) is 3.76. The predicted molar refractivity (Wildman–Crippen MR) is 109 cm³/mol. The number of nitrogens with one attached hydrogen (secondary N) is 1. The van der Waals surface area contributed by atoms with Crippen LogP contribution in [0.5, 0.6) is 0 Å². The molecule has 2 aromatic carbocycles. The number of carbonyl (C=O) groups excluding carboxylic acids is 1. The number of carbonyl (C=O) groups is 1. The highest BCUT2D eigenvalue weighted by atomic mass is 32.1. The van der Waals surface area contributed by atoms with Gasteiger partial charge in [-0.3, -0.25) is 9.59 Å². The summed E-state index contributed by atoms with van der Waals surface area (Å²) in [5.41, 5.74) is 5.96. The number of rotatable bonds is 2. The molecule has 3 N–H and O–H groups in total. The number of benzene rings is 2. The van der Waals surface area contributed by atoms with Crippen LogP contribution in [-0.4, -0.2) is 20.7 Å². The molecule has 8 heteroatoms. The third-order valence-corrected chi connectivity index (χ3v) is 6.42. The fourth-order valence-corrected chi connectivity index (χ4v) is 4.93. The van der Waals surface area contributed by atoms with Crippen LogP contribution in [0.1, 0.15) is 17.3 Å². The Morgan fingerprint density at radius 3 is 2.52 bits per heavy atom. The summed E-state index contributed by atoms with van der Waals surface area (Å²) in [6.45, 7) is 0. The first kappa shape index (κ1) is 17.3. The van der Waals surface area contributed by atoms with Crippen LogP contribution in [0.15, 0.2) is 64.6 Å². The summed E-state index contributed by atoms with van der Waals surface area (Å²) in [6, 6.07) is 16.4. The summed E-state index contributed by atoms with van der Waals surface area (Å²) in [4.78, 5) is 37.5. The van der Waals surface area contributed by atoms with E-state index in [2.05, 4.69) is 15.0 Å². The number of aromatic nitrogens is 3. The molecule has 0 spiro atoms. The van der Waals surface area contributed by atoms with E-state index in [1.165, 1.54) is 11.3 Å². The molecule has 1 atom stereocenters. The lowest BCUT2D eigenvalue weighted by Crippen LogP contribution is -2.36. The van der Waals surface area contributed by atoms with Crippen molar-refractivity contribution in [3.05, 3.63) is 81.0 Å². The van der Waals surface area contributed by atoms with Crippen LogP contribution in [0, 0.1) is 11.3 Å². The number of ketones is 1. The molecule has 0 unspecified atom stereocenters. The molecule has 140 valence electrons. The molecular formula is C21H13N5O2S. The number of H-pyrrole nitrogens is 1. The number of nitriles is 1. The average molecular weight is 399 g/mol. The number of thiazole rings is 1. The molecule has 0 amide bonds. The largest absolute Gasteiger partial charge is 0.400 e. The minimum Gasteiger partial charge on any atom is -0.400 e. The Morgan fingerprint density at radius 2 is 1.79 bits per heavy atom. The molecular weight excluding hydrogens is 386 g/mol. The summed E-state index contributed by atoms with van der Waals surface area (Å²) < 4.78 is 0.913. The highest BCUT2D eigenvalue weighted by Gasteiger charge is 2.51. The molecule has 4 aromatic rings. The smallest absolute Gasteiger partial charge is 0.258 e. The van der Waals surface area contributed by atoms with Crippen molar-refractivity contribution >= 4 is 38.2 Å². The lowest BCUT2D eigenvalue weighted by molar-refractivity contribution is -0.115. The quantitative estimate of drug-likeness (QED) is 0.533. The third kappa shape index (κ3) is 2.35. The van der Waals surface area contributed by atoms with E-state index >= 15 is 0 Å². The van der Waals surface area contributed by atoms with Gasteiger partial charge in [0.1, 0.15) is 27.9 Å². The van der Waals surface area contributed by atoms with Gasteiger partial charge in [0.25, 0.3) is 5.56 Å². The Morgan fingerprint density at radius 1 is 1.07 bits per heavy atom. The number of fused-ring (bicyclic) bond motifs is 2. The molecule has 0 radical (unpaired) electrons. The lowest BCUT2D eigenvalue weighted by atomic mass is 9.84. The molecule has 0 fully saturated rings. The van der Waals surface area contributed by atoms with Crippen LogP contribution in [0.4, 0.5) is 0 Å². The van der Waals surface area contributed by atoms with E-state index in [9.17, 15) is 14.9 Å². The molecule has 2 heterocycles. The van der Waals surface area contributed by atoms with E-state index in [0.29, 0.717) is 15.9 Å². The van der Waals surface area contributed by atoms with Gasteiger partial charge < -0.3 is 10.7 Å². The van der Waals surface area contributed by atoms with Gasteiger partial charge in [0.15, 0.2) is 5.78 Å². The van der Waals surface area contributed by atoms with E-state index < -0.39 is 5.41 Å². The zero-order chi connectivity index (χ0) is 20.2. The second kappa shape index (κ2) is 6.09. The molecule has 1 aliphatic rings. The Hall–Kier alpha value is -3.83. The average Bonchev–Trinajstić information content (AvgIpc) is 3.27. The van der Waals surface area contributed by atoms with E-state index in [1.807, 2.05) is 30.3 Å². The zero-order valence-corrected chi connectivity index (χ0v) is 15.8. The summed E-state index contributed by atoms with van der Waals surface area (Å²) in [5.74, 6) is -0.170. The van der Waals surface area contributed by atoms with Gasteiger partial charge in [0.05, 0.1) is 26.8 Å². The van der Waals surface area contributed by atoms with Crippen molar-refractivity contribution in [2.45, 2.75) is 11.8 Å². The Bertz CT molecular complexity index is 1430. The topological polar surface area (TPSA) is 126 Å². The summed E-state index contributed by atoms with van der Waals surface area (Å²) in [7, 11) is 0. The van der Waals surface area contributed by atoms with Gasteiger partial charge in [0, 0.05) is 6.42 Å². The van der Waals surface area contributed by atoms with E-state index in [-0.39, 0.29) is 34.9 Å². The molecule has 29 heavy (non-hydrogen) atoms. The van der Waals surface area contributed by atoms with E-state index in [4.69, 9.17) is 5.73 Å². The van der Waals surface area contributed by atoms with E-state index in [0.717, 1.165) is 10.2 Å². The maximum Gasteiger partial charge on any atom is 0.258 e. The van der Waals surface area contributed by atoms with Gasteiger partial charge >= 0.3 is 0 Å². The minimum atomic E-state index is -1.28. The first-order chi connectivity index (χ1) is 14.0. The van der Waals surface area contributed by atoms with Crippen LogP contribution < -0.4 is 11.3 Å². The molecule has 2 aromatic heterocycles. The van der Waals surface area contributed by atoms with Crippen molar-refractivity contribution in [3.63, 3.8) is 0 Å². The highest BCUT2D eigenvalue weighted by molar-refractivity contribution is 7.18. The van der Waals surface area contributed by atoms with Gasteiger partial charge in [-0.15, -0.1) is 11.3 Å². The summed E-state index contributed by atoms with van der Waals surface area (Å²) in [5, 5.41) is 10.4. The number of para-hydroxylation sites is 2. The van der Waals surface area contributed by atoms with Crippen molar-refractivity contribution in [1.29, 1.82) is 5.26 Å². The van der Waals surface area contributed by atoms with Crippen molar-refractivity contribution in [1.82, 2.24) is 15.0 Å². The Kier molecular flexibility index (Phi) is 3.63. The number of Topliss-reactive ketones (excluding diaryl/α,β-unsaturated/α-hetero) is 1. The van der Waals surface area contributed by atoms with Crippen LogP contribution in [0.25, 0.3) is 21.1 Å². The number of aromatic amines is 1. The highest BCUT2D eigenvalue weighted by Crippen LogP contribution is 2.47. The predicted octanol–water partition coefficient (Wildman–Crippen LogP) is 2.53. The molecule has 5 rings (SSSR count). The second-order valence-electron chi connectivity index (χ2n) is 6.82. The van der Waals surface area contributed by atoms with Crippen LogP contribution >= 0.6 is 11.3 Å². The normalized spacial score (nSPS) is 19.2. The van der Waals surface area contributed by atoms with Gasteiger partial charge in [0.2, 0.25) is 0 Å². The molecule has 7 nitrogen and oxygen atoms in total. The first-order valence-corrected chi connectivity index (χ1v) is 9.65. The molecule has 0 aliphatic heterocycles. The van der Waals surface area contributed by atoms with Gasteiger partial charge in [-0.25, -0.2) is 9.97 Å². The third-order valence-electron chi connectivity index (χ3n) is 5.22. The minimum absolute atomic E-state index is 0.0717. The molecule has 1 aliphatic carbocycles. The number of hydrogen-bond acceptors (Lipinski definition) is 7. The summed E-state index contributed by atoms with van der Waals surface area (Å²) >= 11 is 1.37. The number of allylic oxidation sites excluding steroid dienone is 2. The number of hydrogen-bond donors (Lipinski definition) is 2. The SMILES string of the molecule is N#CC1=C(N)[C@](c2nc3ccccc3c(=O)[nH]2)(c2nc3ccccc3s2)CC1=O. The van der Waals surface area contributed by atoms with Crippen molar-refractivity contribution in [2.24, 2.45) is 5.73 Å². The van der Waals surface area contributed by atoms with Crippen molar-refractivity contribution in [3.8, 4) is 6.07 Å². The van der Waals surface area contributed by atoms with Gasteiger partial charge in [-0.05, 0) is 24.3 Å². The van der Waals surface area contributed by atoms with E-state index in [1.54, 1.807) is 24.3 Å². The maximum absolute atomic E-state index is 12.7. The van der Waals surface area contributed by atoms with Crippen LogP contribution in [-0.2, 0) is 10.2 Å². The number of nitrogens with two attached hydrogens (primary N) is 1. The Balaban J connectivity index is 1.88. The monoisotopic (exact) mass is 399 g/mol. The van der Waals surface area contributed by atoms with Crippen molar-refractivity contribution < 1.29 is 4.79 Å².